The molecule has 10 heteroatoms. The molecule has 0 spiro atoms. The van der Waals surface area contributed by atoms with Gasteiger partial charge in [-0.2, -0.15) is 13.2 Å². The van der Waals surface area contributed by atoms with Crippen molar-refractivity contribution in [1.82, 2.24) is 19.5 Å². The summed E-state index contributed by atoms with van der Waals surface area (Å²) in [7, 11) is 0. The van der Waals surface area contributed by atoms with E-state index in [9.17, 15) is 13.2 Å². The third kappa shape index (κ3) is 2.17. The van der Waals surface area contributed by atoms with Gasteiger partial charge in [0.25, 0.3) is 0 Å². The zero-order chi connectivity index (χ0) is 17.3. The van der Waals surface area contributed by atoms with Gasteiger partial charge in [0, 0.05) is 0 Å². The lowest BCUT2D eigenvalue weighted by Gasteiger charge is -2.21. The molecule has 3 atom stereocenters. The predicted molar refractivity (Wildman–Crippen MR) is 76.7 cm³/mol. The molecule has 24 heavy (non-hydrogen) atoms. The molecule has 2 aromatic rings. The first-order chi connectivity index (χ1) is 11.2. The average Bonchev–Trinajstić information content (AvgIpc) is 3.08. The molecule has 1 aliphatic heterocycles. The number of anilines is 1. The summed E-state index contributed by atoms with van der Waals surface area (Å²) in [5, 5.41) is 0. The summed E-state index contributed by atoms with van der Waals surface area (Å²) in [6, 6.07) is -0.757. The van der Waals surface area contributed by atoms with Crippen molar-refractivity contribution in [2.45, 2.75) is 44.1 Å². The first-order valence-electron chi connectivity index (χ1n) is 7.25. The highest BCUT2D eigenvalue weighted by Gasteiger charge is 2.57. The van der Waals surface area contributed by atoms with Crippen molar-refractivity contribution in [2.24, 2.45) is 0 Å². The molecule has 0 amide bonds. The Balaban J connectivity index is 1.84. The Kier molecular flexibility index (Phi) is 2.98. The van der Waals surface area contributed by atoms with Crippen LogP contribution < -0.4 is 5.73 Å². The van der Waals surface area contributed by atoms with Crippen LogP contribution in [0.15, 0.2) is 24.3 Å². The van der Waals surface area contributed by atoms with E-state index >= 15 is 0 Å². The molecule has 3 heterocycles. The summed E-state index contributed by atoms with van der Waals surface area (Å²) in [6.07, 6.45) is -2.79. The molecule has 1 fully saturated rings. The Morgan fingerprint density at radius 1 is 1.21 bits per heavy atom. The largest absolute Gasteiger partial charge is 0.415 e. The fourth-order valence-corrected chi connectivity index (χ4v) is 3.24. The van der Waals surface area contributed by atoms with Gasteiger partial charge in [-0.05, 0) is 19.9 Å². The zero-order valence-electron chi connectivity index (χ0n) is 12.8. The SMILES string of the molecule is CC1(C)O[C@@H]2[C@H](O1)C(C(F)(F)F)=C[C@H]2n1cnc2c(N)ncnc21. The van der Waals surface area contributed by atoms with Crippen molar-refractivity contribution >= 4 is 17.0 Å². The van der Waals surface area contributed by atoms with E-state index in [4.69, 9.17) is 15.2 Å². The Labute approximate surface area is 134 Å². The van der Waals surface area contributed by atoms with E-state index in [0.29, 0.717) is 11.2 Å². The fraction of sp³-hybridized carbons (Fsp3) is 0.500. The van der Waals surface area contributed by atoms with E-state index in [1.54, 1.807) is 13.8 Å². The smallest absolute Gasteiger partial charge is 0.382 e. The van der Waals surface area contributed by atoms with E-state index in [1.807, 2.05) is 0 Å². The van der Waals surface area contributed by atoms with Crippen molar-refractivity contribution in [1.29, 1.82) is 0 Å². The minimum Gasteiger partial charge on any atom is -0.382 e. The number of ether oxygens (including phenoxy) is 2. The average molecular weight is 341 g/mol. The Morgan fingerprint density at radius 3 is 2.67 bits per heavy atom. The van der Waals surface area contributed by atoms with Crippen molar-refractivity contribution < 1.29 is 22.6 Å². The van der Waals surface area contributed by atoms with Gasteiger partial charge < -0.3 is 19.8 Å². The predicted octanol–water partition coefficient (Wildman–Crippen LogP) is 1.97. The zero-order valence-corrected chi connectivity index (χ0v) is 12.8. The number of nitrogens with two attached hydrogens (primary N) is 1. The second kappa shape index (κ2) is 4.67. The maximum absolute atomic E-state index is 13.4. The van der Waals surface area contributed by atoms with Gasteiger partial charge in [0.1, 0.15) is 24.1 Å². The third-order valence-corrected chi connectivity index (χ3v) is 4.16. The lowest BCUT2D eigenvalue weighted by Crippen LogP contribution is -2.30. The number of hydrogen-bond donors (Lipinski definition) is 1. The minimum atomic E-state index is -4.51. The molecule has 2 aromatic heterocycles. The molecule has 0 bridgehead atoms. The molecule has 4 rings (SSSR count). The number of imidazole rings is 1. The number of alkyl halides is 3. The Hall–Kier alpha value is -2.20. The van der Waals surface area contributed by atoms with E-state index in [-0.39, 0.29) is 5.82 Å². The monoisotopic (exact) mass is 341 g/mol. The molecule has 0 aromatic carbocycles. The van der Waals surface area contributed by atoms with Crippen LogP contribution in [0.1, 0.15) is 19.9 Å². The van der Waals surface area contributed by atoms with Crippen molar-refractivity contribution in [3.63, 3.8) is 0 Å². The van der Waals surface area contributed by atoms with Gasteiger partial charge in [-0.1, -0.05) is 0 Å². The van der Waals surface area contributed by atoms with Crippen LogP contribution in [0, 0.1) is 0 Å². The van der Waals surface area contributed by atoms with Crippen LogP contribution in [0.3, 0.4) is 0 Å². The van der Waals surface area contributed by atoms with Gasteiger partial charge in [0.2, 0.25) is 0 Å². The number of rotatable bonds is 1. The van der Waals surface area contributed by atoms with E-state index in [0.717, 1.165) is 6.08 Å². The Morgan fingerprint density at radius 2 is 1.96 bits per heavy atom. The fourth-order valence-electron chi connectivity index (χ4n) is 3.24. The van der Waals surface area contributed by atoms with Crippen LogP contribution >= 0.6 is 0 Å². The summed E-state index contributed by atoms with van der Waals surface area (Å²) in [5.41, 5.74) is 5.66. The third-order valence-electron chi connectivity index (χ3n) is 4.16. The molecule has 1 aliphatic carbocycles. The van der Waals surface area contributed by atoms with Crippen molar-refractivity contribution in [3.05, 3.63) is 24.3 Å². The summed E-state index contributed by atoms with van der Waals surface area (Å²) in [6.45, 7) is 3.17. The number of halogens is 3. The topological polar surface area (TPSA) is 88.1 Å². The highest BCUT2D eigenvalue weighted by Crippen LogP contribution is 2.48. The highest BCUT2D eigenvalue weighted by molar-refractivity contribution is 5.81. The summed E-state index contributed by atoms with van der Waals surface area (Å²) >= 11 is 0. The van der Waals surface area contributed by atoms with Crippen LogP contribution in [0.25, 0.3) is 11.2 Å². The highest BCUT2D eigenvalue weighted by atomic mass is 19.4. The molecule has 128 valence electrons. The summed E-state index contributed by atoms with van der Waals surface area (Å²) < 4.78 is 52.8. The normalized spacial score (nSPS) is 29.0. The van der Waals surface area contributed by atoms with Crippen LogP contribution in [-0.2, 0) is 9.47 Å². The van der Waals surface area contributed by atoms with E-state index in [2.05, 4.69) is 15.0 Å². The number of hydrogen-bond acceptors (Lipinski definition) is 6. The van der Waals surface area contributed by atoms with Crippen LogP contribution in [0.4, 0.5) is 19.0 Å². The van der Waals surface area contributed by atoms with Gasteiger partial charge in [-0.3, -0.25) is 0 Å². The molecule has 7 nitrogen and oxygen atoms in total. The van der Waals surface area contributed by atoms with Gasteiger partial charge in [0.05, 0.1) is 17.9 Å². The quantitative estimate of drug-likeness (QED) is 0.798. The molecule has 0 saturated carbocycles. The first-order valence-corrected chi connectivity index (χ1v) is 7.25. The summed E-state index contributed by atoms with van der Waals surface area (Å²) in [4.78, 5) is 12.0. The second-order valence-corrected chi connectivity index (χ2v) is 6.21. The van der Waals surface area contributed by atoms with E-state index < -0.39 is 35.8 Å². The lowest BCUT2D eigenvalue weighted by atomic mass is 10.1. The maximum Gasteiger partial charge on any atom is 0.415 e. The molecule has 0 unspecified atom stereocenters. The lowest BCUT2D eigenvalue weighted by molar-refractivity contribution is -0.156. The van der Waals surface area contributed by atoms with Gasteiger partial charge >= 0.3 is 6.18 Å². The van der Waals surface area contributed by atoms with Crippen molar-refractivity contribution in [2.75, 3.05) is 5.73 Å². The van der Waals surface area contributed by atoms with Crippen molar-refractivity contribution in [3.8, 4) is 0 Å². The number of aromatic nitrogens is 4. The molecular formula is C14H14F3N5O2. The van der Waals surface area contributed by atoms with E-state index in [1.165, 1.54) is 17.2 Å². The standard InChI is InChI=1S/C14H14F3N5O2/c1-13(2)23-9-6(14(15,16)17)3-7(10(9)24-13)22-5-21-8-11(18)19-4-20-12(8)22/h3-5,7,9-10H,1-2H3,(H2,18,19,20)/t7-,9-,10+/m1/s1. The number of nitrogens with zero attached hydrogens (tertiary/aromatic N) is 4. The van der Waals surface area contributed by atoms with Crippen LogP contribution in [-0.4, -0.2) is 43.7 Å². The van der Waals surface area contributed by atoms with Gasteiger partial charge in [0.15, 0.2) is 17.3 Å². The van der Waals surface area contributed by atoms with Gasteiger partial charge in [-0.25, -0.2) is 15.0 Å². The molecule has 0 radical (unpaired) electrons. The number of nitrogen functional groups attached to an aromatic ring is 1. The number of fused-ring (bicyclic) bond motifs is 2. The van der Waals surface area contributed by atoms with Gasteiger partial charge in [-0.15, -0.1) is 0 Å². The molecular weight excluding hydrogens is 327 g/mol. The first kappa shape index (κ1) is 15.3. The molecule has 1 saturated heterocycles. The van der Waals surface area contributed by atoms with Crippen LogP contribution in [0.2, 0.25) is 0 Å². The molecule has 2 N–H and O–H groups in total. The second-order valence-electron chi connectivity index (χ2n) is 6.21. The maximum atomic E-state index is 13.4. The minimum absolute atomic E-state index is 0.164. The summed E-state index contributed by atoms with van der Waals surface area (Å²) in [5.74, 6) is -0.944. The van der Waals surface area contributed by atoms with Crippen LogP contribution in [0.5, 0.6) is 0 Å². The Bertz CT molecular complexity index is 845. The molecule has 2 aliphatic rings.